The van der Waals surface area contributed by atoms with E-state index in [4.69, 9.17) is 0 Å². The minimum Gasteiger partial charge on any atom is -0.275 e. The van der Waals surface area contributed by atoms with Gasteiger partial charge in [0.25, 0.3) is 0 Å². The van der Waals surface area contributed by atoms with Crippen LogP contribution >= 0.6 is 0 Å². The molecular weight excluding hydrogens is 358 g/mol. The summed E-state index contributed by atoms with van der Waals surface area (Å²) in [6.07, 6.45) is 6.31. The maximum atomic E-state index is 4.65. The van der Waals surface area contributed by atoms with E-state index in [9.17, 15) is 0 Å². The van der Waals surface area contributed by atoms with Gasteiger partial charge in [-0.05, 0) is 57.4 Å². The average Bonchev–Trinajstić information content (AvgIpc) is 3.26. The molecule has 1 aromatic carbocycles. The van der Waals surface area contributed by atoms with E-state index in [2.05, 4.69) is 61.1 Å². The Balaban J connectivity index is 0.000000201. The van der Waals surface area contributed by atoms with Crippen molar-refractivity contribution in [3.8, 4) is 0 Å². The minimum absolute atomic E-state index is 0.561. The Kier molecular flexibility index (Phi) is 7.94. The molecule has 3 aromatic heterocycles. The zero-order valence-corrected chi connectivity index (χ0v) is 19.2. The van der Waals surface area contributed by atoms with Gasteiger partial charge in [0.15, 0.2) is 5.65 Å². The molecule has 5 nitrogen and oxygen atoms in total. The smallest absolute Gasteiger partial charge is 0.156 e. The van der Waals surface area contributed by atoms with Crippen LogP contribution in [0.1, 0.15) is 69.0 Å². The summed E-state index contributed by atoms with van der Waals surface area (Å²) in [5, 5.41) is 10.1. The predicted molar refractivity (Wildman–Crippen MR) is 123 cm³/mol. The highest BCUT2D eigenvalue weighted by atomic mass is 15.3. The van der Waals surface area contributed by atoms with E-state index in [1.165, 1.54) is 22.2 Å². The third kappa shape index (κ3) is 5.43. The zero-order chi connectivity index (χ0) is 21.6. The first-order valence-corrected chi connectivity index (χ1v) is 10.6. The van der Waals surface area contributed by atoms with Crippen LogP contribution in [-0.2, 0) is 7.05 Å². The van der Waals surface area contributed by atoms with Crippen LogP contribution in [0.3, 0.4) is 0 Å². The van der Waals surface area contributed by atoms with Crippen molar-refractivity contribution in [2.75, 3.05) is 0 Å². The number of imidazole rings is 1. The Morgan fingerprint density at radius 2 is 1.62 bits per heavy atom. The molecule has 5 heteroatoms. The maximum Gasteiger partial charge on any atom is 0.156 e. The highest BCUT2D eigenvalue weighted by Crippen LogP contribution is 2.22. The highest BCUT2D eigenvalue weighted by Gasteiger charge is 2.12. The number of hydrogen-bond acceptors (Lipinski definition) is 3. The van der Waals surface area contributed by atoms with Gasteiger partial charge in [0, 0.05) is 24.5 Å². The maximum absolute atomic E-state index is 4.65. The molecule has 0 fully saturated rings. The molecule has 0 saturated heterocycles. The van der Waals surface area contributed by atoms with Gasteiger partial charge in [0.2, 0.25) is 0 Å². The lowest BCUT2D eigenvalue weighted by Crippen LogP contribution is -2.04. The molecular formula is C24H35N5. The van der Waals surface area contributed by atoms with E-state index in [0.717, 1.165) is 29.7 Å². The van der Waals surface area contributed by atoms with Crippen molar-refractivity contribution >= 4 is 16.6 Å². The molecule has 0 aliphatic carbocycles. The number of aromatic nitrogens is 5. The Bertz CT molecular complexity index is 1050. The van der Waals surface area contributed by atoms with Crippen molar-refractivity contribution in [3.63, 3.8) is 0 Å². The number of rotatable bonds is 3. The Hall–Kier alpha value is -2.69. The fourth-order valence-electron chi connectivity index (χ4n) is 3.44. The second-order valence-corrected chi connectivity index (χ2v) is 7.28. The van der Waals surface area contributed by atoms with Crippen LogP contribution in [0, 0.1) is 20.8 Å². The van der Waals surface area contributed by atoms with Crippen molar-refractivity contribution in [1.82, 2.24) is 24.4 Å². The van der Waals surface area contributed by atoms with Gasteiger partial charge >= 0.3 is 0 Å². The molecule has 4 aromatic rings. The van der Waals surface area contributed by atoms with Crippen LogP contribution in [0.5, 0.6) is 0 Å². The standard InChI is InChI=1S/C13H19N3.C9H10N2.C2H6/c1-5-11(6-2)12-7-9(3)13-14-10(4)8-16(13)15-12;1-7-3-4-9-8(5-7)6-11(2)10-9;1-2/h7-8,11H,5-6H2,1-4H3;3-6H,1-2H3;1-2H3. The summed E-state index contributed by atoms with van der Waals surface area (Å²) in [7, 11) is 1.94. The summed E-state index contributed by atoms with van der Waals surface area (Å²) in [6, 6.07) is 8.45. The largest absolute Gasteiger partial charge is 0.275 e. The number of nitrogens with zero attached hydrogens (tertiary/aromatic N) is 5. The minimum atomic E-state index is 0.561. The molecule has 29 heavy (non-hydrogen) atoms. The van der Waals surface area contributed by atoms with E-state index in [0.29, 0.717) is 5.92 Å². The van der Waals surface area contributed by atoms with E-state index < -0.39 is 0 Å². The highest BCUT2D eigenvalue weighted by molar-refractivity contribution is 5.78. The van der Waals surface area contributed by atoms with Gasteiger partial charge in [-0.3, -0.25) is 4.68 Å². The summed E-state index contributed by atoms with van der Waals surface area (Å²) < 4.78 is 3.75. The molecule has 3 heterocycles. The van der Waals surface area contributed by atoms with Gasteiger partial charge in [-0.2, -0.15) is 10.2 Å². The SMILES string of the molecule is CC.CCC(CC)c1cc(C)c2nc(C)cn2n1.Cc1ccc2nn(C)cc2c1. The third-order valence-corrected chi connectivity index (χ3v) is 4.93. The first kappa shape index (κ1) is 22.6. The second kappa shape index (κ2) is 10.2. The molecule has 0 aliphatic heterocycles. The van der Waals surface area contributed by atoms with Gasteiger partial charge in [-0.1, -0.05) is 39.3 Å². The normalized spacial score (nSPS) is 10.7. The number of aryl methyl sites for hydroxylation is 4. The van der Waals surface area contributed by atoms with Crippen molar-refractivity contribution in [3.05, 3.63) is 59.2 Å². The van der Waals surface area contributed by atoms with Crippen LogP contribution in [0.4, 0.5) is 0 Å². The van der Waals surface area contributed by atoms with Gasteiger partial charge in [0.05, 0.1) is 23.1 Å². The number of hydrogen-bond donors (Lipinski definition) is 0. The summed E-state index contributed by atoms with van der Waals surface area (Å²) in [6.45, 7) is 14.6. The summed E-state index contributed by atoms with van der Waals surface area (Å²) in [5.41, 5.74) is 6.76. The molecule has 0 amide bonds. The molecule has 0 saturated carbocycles. The quantitative estimate of drug-likeness (QED) is 0.419. The molecule has 156 valence electrons. The van der Waals surface area contributed by atoms with Gasteiger partial charge < -0.3 is 0 Å². The topological polar surface area (TPSA) is 48.0 Å². The average molecular weight is 394 g/mol. The van der Waals surface area contributed by atoms with E-state index in [1.54, 1.807) is 0 Å². The Morgan fingerprint density at radius 1 is 0.931 bits per heavy atom. The summed E-state index contributed by atoms with van der Waals surface area (Å²) in [4.78, 5) is 4.47. The lowest BCUT2D eigenvalue weighted by molar-refractivity contribution is 0.607. The first-order valence-electron chi connectivity index (χ1n) is 10.6. The van der Waals surface area contributed by atoms with Crippen molar-refractivity contribution in [2.24, 2.45) is 7.05 Å². The van der Waals surface area contributed by atoms with Crippen molar-refractivity contribution < 1.29 is 0 Å². The second-order valence-electron chi connectivity index (χ2n) is 7.28. The Morgan fingerprint density at radius 3 is 2.28 bits per heavy atom. The van der Waals surface area contributed by atoms with Gasteiger partial charge in [-0.15, -0.1) is 0 Å². The van der Waals surface area contributed by atoms with Crippen LogP contribution in [0.2, 0.25) is 0 Å². The van der Waals surface area contributed by atoms with Crippen molar-refractivity contribution in [2.45, 2.75) is 67.2 Å². The summed E-state index contributed by atoms with van der Waals surface area (Å²) in [5.74, 6) is 0.561. The van der Waals surface area contributed by atoms with Crippen LogP contribution < -0.4 is 0 Å². The zero-order valence-electron chi connectivity index (χ0n) is 19.2. The van der Waals surface area contributed by atoms with Crippen LogP contribution in [0.15, 0.2) is 36.7 Å². The monoisotopic (exact) mass is 393 g/mol. The van der Waals surface area contributed by atoms with Gasteiger partial charge in [-0.25, -0.2) is 9.50 Å². The molecule has 4 rings (SSSR count). The molecule has 0 bridgehead atoms. The molecule has 0 N–H and O–H groups in total. The molecule has 0 radical (unpaired) electrons. The fourth-order valence-corrected chi connectivity index (χ4v) is 3.44. The van der Waals surface area contributed by atoms with E-state index in [-0.39, 0.29) is 0 Å². The molecule has 0 unspecified atom stereocenters. The number of benzene rings is 1. The molecule has 0 aliphatic rings. The van der Waals surface area contributed by atoms with Crippen molar-refractivity contribution in [1.29, 1.82) is 0 Å². The molecule has 0 atom stereocenters. The third-order valence-electron chi connectivity index (χ3n) is 4.93. The molecule has 0 spiro atoms. The number of fused-ring (bicyclic) bond motifs is 2. The predicted octanol–water partition coefficient (Wildman–Crippen LogP) is 6.16. The Labute approximate surface area is 174 Å². The fraction of sp³-hybridized carbons (Fsp3) is 0.458. The van der Waals surface area contributed by atoms with Gasteiger partial charge in [0.1, 0.15) is 0 Å². The van der Waals surface area contributed by atoms with E-state index in [1.807, 2.05) is 55.5 Å². The summed E-state index contributed by atoms with van der Waals surface area (Å²) >= 11 is 0. The van der Waals surface area contributed by atoms with Crippen LogP contribution in [0.25, 0.3) is 16.6 Å². The lowest BCUT2D eigenvalue weighted by atomic mass is 9.98. The van der Waals surface area contributed by atoms with E-state index >= 15 is 0 Å². The lowest BCUT2D eigenvalue weighted by Gasteiger charge is -2.12. The first-order chi connectivity index (χ1) is 13.9. The van der Waals surface area contributed by atoms with Crippen LogP contribution in [-0.4, -0.2) is 24.4 Å².